The largest absolute Gasteiger partial charge is 0.433 e. The van der Waals surface area contributed by atoms with Crippen LogP contribution < -0.4 is 31.9 Å². The fraction of sp³-hybridized carbons (Fsp3) is 0.774. The lowest BCUT2D eigenvalue weighted by atomic mass is 9.98. The van der Waals surface area contributed by atoms with Crippen LogP contribution in [0.2, 0.25) is 0 Å². The molecular formula is C62H99F6N13O20. The Hall–Kier alpha value is -6.28. The van der Waals surface area contributed by atoms with Crippen molar-refractivity contribution in [3.05, 3.63) is 47.8 Å². The van der Waals surface area contributed by atoms with E-state index in [1.165, 1.54) is 0 Å². The molecule has 0 unspecified atom stereocenters. The van der Waals surface area contributed by atoms with Crippen molar-refractivity contribution in [3.63, 3.8) is 0 Å². The zero-order valence-corrected chi connectivity index (χ0v) is 56.8. The minimum atomic E-state index is -4.68. The number of nitrogens with one attached hydrogen (secondary N) is 6. The number of unbranched alkanes of at least 4 members (excludes halogenated alkanes) is 2. The Morgan fingerprint density at radius 1 is 0.525 bits per heavy atom. The van der Waals surface area contributed by atoms with Gasteiger partial charge in [-0.25, -0.2) is 19.9 Å². The van der Waals surface area contributed by atoms with Crippen molar-refractivity contribution in [2.45, 2.75) is 145 Å². The Morgan fingerprint density at radius 3 is 1.41 bits per heavy atom. The Bertz CT molecular complexity index is 2630. The number of halogens is 6. The van der Waals surface area contributed by atoms with Gasteiger partial charge in [0.25, 0.3) is 0 Å². The molecule has 39 heteroatoms. The summed E-state index contributed by atoms with van der Waals surface area (Å²) in [5.74, 6) is -1.49. The molecule has 2 saturated heterocycles. The topological polar surface area (TPSA) is 414 Å². The van der Waals surface area contributed by atoms with E-state index in [0.717, 1.165) is 37.4 Å². The van der Waals surface area contributed by atoms with Crippen LogP contribution in [0.25, 0.3) is 0 Å². The summed E-state index contributed by atoms with van der Waals surface area (Å²) in [5.41, 5.74) is -1.51. The third-order valence-electron chi connectivity index (χ3n) is 15.0. The fourth-order valence-electron chi connectivity index (χ4n) is 9.53. The molecule has 0 saturated carbocycles. The van der Waals surface area contributed by atoms with Crippen LogP contribution in [0.1, 0.15) is 81.8 Å². The lowest BCUT2D eigenvalue weighted by Gasteiger charge is -2.37. The van der Waals surface area contributed by atoms with Crippen molar-refractivity contribution in [2.75, 3.05) is 176 Å². The number of hydrogen-bond acceptors (Lipinski definition) is 28. The van der Waals surface area contributed by atoms with Crippen LogP contribution in [-0.4, -0.2) is 299 Å². The number of aliphatic hydroxyl groups excluding tert-OH is 4. The summed E-state index contributed by atoms with van der Waals surface area (Å²) in [6.07, 6.45) is -7.99. The highest BCUT2D eigenvalue weighted by Crippen LogP contribution is 2.30. The number of amides is 4. The van der Waals surface area contributed by atoms with Crippen molar-refractivity contribution in [3.8, 4) is 0 Å². The van der Waals surface area contributed by atoms with Crippen LogP contribution in [0, 0.1) is 0 Å². The monoisotopic (exact) mass is 1460 g/mol. The van der Waals surface area contributed by atoms with Crippen molar-refractivity contribution >= 4 is 35.5 Å². The number of carbonyl (C=O) groups excluding carboxylic acids is 4. The number of aromatic nitrogens is 7. The smallest absolute Gasteiger partial charge is 0.388 e. The van der Waals surface area contributed by atoms with Crippen LogP contribution in [0.3, 0.4) is 0 Å². The van der Waals surface area contributed by atoms with Gasteiger partial charge in [-0.05, 0) is 44.2 Å². The summed E-state index contributed by atoms with van der Waals surface area (Å²) in [7, 11) is 0. The first-order chi connectivity index (χ1) is 48.7. The third-order valence-corrected chi connectivity index (χ3v) is 15.0. The van der Waals surface area contributed by atoms with Crippen molar-refractivity contribution in [2.24, 2.45) is 0 Å². The first-order valence-corrected chi connectivity index (χ1v) is 33.7. The molecule has 8 atom stereocenters. The molecule has 3 aromatic rings. The summed E-state index contributed by atoms with van der Waals surface area (Å²) < 4.78 is 147. The first kappa shape index (κ1) is 85.4. The number of aryl methyl sites for hydroxylation is 2. The minimum absolute atomic E-state index is 0.0206. The van der Waals surface area contributed by atoms with Gasteiger partial charge in [-0.3, -0.25) is 23.9 Å². The molecule has 2 fully saturated rings. The molecule has 5 rings (SSSR count). The van der Waals surface area contributed by atoms with E-state index in [2.05, 4.69) is 62.1 Å². The standard InChI is InChI=1S/C62H99F6N13O20/c1-2-14-69-51(82)9-6-7-43-36-81(80-79-43)19-5-3-4-8-54(85)74-44(37-96-20-12-52(83)70-17-22-90-24-26-92-28-30-94-32-34-98-41-47-57(88)55(86)45(39-100-47)75-59-72-15-10-49(77-59)61(63,64)65)38-97-21-13-53(84)71-18-23-91-25-27-93-29-31-95-33-35-99-42-48-58(89)56(87)46(40-101-48)76-60-73-16-11-50(78-60)62(66,67)68/h10-11,15-16,36,44-48,55-58,86-89H,2-9,12-14,17-35,37-42H2,1H3,(H,69,82)(H,70,83)(H,71,84)(H,74,85)(H,72,75,77)(H,73,76,78)/t45-,46-,47+,48+,55+,56+,57-,58-/m0/s1. The minimum Gasteiger partial charge on any atom is -0.388 e. The lowest BCUT2D eigenvalue weighted by molar-refractivity contribution is -0.161. The third kappa shape index (κ3) is 36.6. The highest BCUT2D eigenvalue weighted by atomic mass is 19.4. The highest BCUT2D eigenvalue weighted by Gasteiger charge is 2.41. The normalized spacial score (nSPS) is 19.5. The number of anilines is 2. The predicted octanol–water partition coefficient (Wildman–Crippen LogP) is 0.171. The summed E-state index contributed by atoms with van der Waals surface area (Å²) in [4.78, 5) is 64.4. The average Bonchev–Trinajstić information content (AvgIpc) is 1.22. The molecule has 2 aliphatic heterocycles. The van der Waals surface area contributed by atoms with Gasteiger partial charge in [0.1, 0.15) is 48.0 Å². The summed E-state index contributed by atoms with van der Waals surface area (Å²) in [5, 5.41) is 66.9. The number of nitrogens with zero attached hydrogens (tertiary/aromatic N) is 7. The second-order valence-electron chi connectivity index (χ2n) is 23.2. The van der Waals surface area contributed by atoms with E-state index in [-0.39, 0.29) is 213 Å². The Morgan fingerprint density at radius 2 is 0.950 bits per heavy atom. The number of rotatable bonds is 55. The molecule has 0 spiro atoms. The Labute approximate surface area is 581 Å². The van der Waals surface area contributed by atoms with Gasteiger partial charge in [0, 0.05) is 70.5 Å². The number of hydrogen-bond donors (Lipinski definition) is 10. The van der Waals surface area contributed by atoms with E-state index in [1.807, 2.05) is 13.1 Å². The van der Waals surface area contributed by atoms with Gasteiger partial charge in [0.15, 0.2) is 0 Å². The van der Waals surface area contributed by atoms with Gasteiger partial charge in [0.2, 0.25) is 35.5 Å². The van der Waals surface area contributed by atoms with E-state index in [0.29, 0.717) is 50.9 Å². The second kappa shape index (κ2) is 49.4. The molecule has 0 bridgehead atoms. The predicted molar refractivity (Wildman–Crippen MR) is 342 cm³/mol. The zero-order chi connectivity index (χ0) is 72.9. The number of carbonyl (C=O) groups is 4. The molecule has 10 N–H and O–H groups in total. The van der Waals surface area contributed by atoms with Crippen molar-refractivity contribution in [1.29, 1.82) is 0 Å². The van der Waals surface area contributed by atoms with Gasteiger partial charge in [-0.2, -0.15) is 26.3 Å². The van der Waals surface area contributed by atoms with E-state index in [1.54, 1.807) is 4.68 Å². The maximum atomic E-state index is 13.1. The average molecular weight is 1460 g/mol. The quantitative estimate of drug-likeness (QED) is 0.0266. The van der Waals surface area contributed by atoms with Crippen LogP contribution in [0.4, 0.5) is 38.2 Å². The first-order valence-electron chi connectivity index (χ1n) is 33.7. The van der Waals surface area contributed by atoms with E-state index in [4.69, 9.17) is 56.8 Å². The summed E-state index contributed by atoms with van der Waals surface area (Å²) in [6, 6.07) is -1.10. The van der Waals surface area contributed by atoms with Crippen LogP contribution in [-0.2, 0) is 101 Å². The van der Waals surface area contributed by atoms with Gasteiger partial charge < -0.3 is 109 Å². The molecule has 0 radical (unpaired) electrons. The molecule has 33 nitrogen and oxygen atoms in total. The molecular weight excluding hydrogens is 1360 g/mol. The van der Waals surface area contributed by atoms with Gasteiger partial charge in [-0.15, -0.1) is 5.10 Å². The molecule has 5 heterocycles. The maximum Gasteiger partial charge on any atom is 0.433 e. The second-order valence-corrected chi connectivity index (χ2v) is 23.2. The van der Waals surface area contributed by atoms with Crippen LogP contribution in [0.15, 0.2) is 30.7 Å². The molecule has 2 aliphatic rings. The van der Waals surface area contributed by atoms with Gasteiger partial charge in [0.05, 0.1) is 169 Å². The SMILES string of the molecule is CCCNC(=O)CCCc1cn(CCCCCC(=O)NC(COCCC(=O)NCCOCCOCCOCCOC[C@H]2OC[C@H](Nc3nccc(C(F)(F)F)n3)[C@@H](O)[C@H]2O)COCCC(=O)NCCOCCOCCOCCOC[C@H]2OC[C@H](Nc3nccc(C(F)(F)F)n3)[C@@H](O)[C@H]2O)nn1. The van der Waals surface area contributed by atoms with E-state index < -0.39 is 78.5 Å². The fourth-order valence-corrected chi connectivity index (χ4v) is 9.53. The maximum absolute atomic E-state index is 13.1. The highest BCUT2D eigenvalue weighted by molar-refractivity contribution is 5.77. The van der Waals surface area contributed by atoms with Gasteiger partial charge in [-0.1, -0.05) is 18.6 Å². The van der Waals surface area contributed by atoms with E-state index in [9.17, 15) is 65.9 Å². The zero-order valence-electron chi connectivity index (χ0n) is 56.8. The van der Waals surface area contributed by atoms with Crippen LogP contribution >= 0.6 is 0 Å². The van der Waals surface area contributed by atoms with Gasteiger partial charge >= 0.3 is 12.4 Å². The van der Waals surface area contributed by atoms with Crippen LogP contribution in [0.5, 0.6) is 0 Å². The Kier molecular flexibility index (Phi) is 41.7. The molecule has 3 aromatic heterocycles. The lowest BCUT2D eigenvalue weighted by Crippen LogP contribution is -2.57. The van der Waals surface area contributed by atoms with Crippen molar-refractivity contribution in [1.82, 2.24) is 56.2 Å². The molecule has 101 heavy (non-hydrogen) atoms. The Balaban J connectivity index is 0.851. The summed E-state index contributed by atoms with van der Waals surface area (Å²) in [6.45, 7) is 6.69. The molecule has 0 aliphatic carbocycles. The van der Waals surface area contributed by atoms with E-state index >= 15 is 0 Å². The van der Waals surface area contributed by atoms with Crippen molar-refractivity contribution < 1.29 is 123 Å². The number of ether oxygens (including phenoxy) is 12. The number of aliphatic hydroxyl groups is 4. The summed E-state index contributed by atoms with van der Waals surface area (Å²) >= 11 is 0. The number of alkyl halides is 6. The molecule has 0 aromatic carbocycles. The molecule has 4 amide bonds. The molecule has 574 valence electrons.